The summed E-state index contributed by atoms with van der Waals surface area (Å²) in [5.41, 5.74) is 5.32. The molecular formula is C15H13N5OS. The minimum absolute atomic E-state index is 0.329. The van der Waals surface area contributed by atoms with Crippen LogP contribution in [0.2, 0.25) is 0 Å². The van der Waals surface area contributed by atoms with Gasteiger partial charge in [-0.3, -0.25) is 0 Å². The lowest BCUT2D eigenvalue weighted by molar-refractivity contribution is 0.416. The van der Waals surface area contributed by atoms with Crippen LogP contribution in [0, 0.1) is 0 Å². The number of methoxy groups -OCH3 is 1. The summed E-state index contributed by atoms with van der Waals surface area (Å²) in [5.74, 6) is 1.06. The highest BCUT2D eigenvalue weighted by atomic mass is 32.1. The van der Waals surface area contributed by atoms with E-state index in [1.807, 2.05) is 41.1 Å². The van der Waals surface area contributed by atoms with E-state index in [0.29, 0.717) is 11.6 Å². The topological polar surface area (TPSA) is 72.3 Å². The molecular weight excluding hydrogens is 298 g/mol. The van der Waals surface area contributed by atoms with Crippen molar-refractivity contribution in [2.45, 2.75) is 0 Å². The summed E-state index contributed by atoms with van der Waals surface area (Å²) in [6, 6.07) is 9.59. The molecule has 2 heterocycles. The third-order valence-corrected chi connectivity index (χ3v) is 3.56. The SMILES string of the molecule is COc1ccccc1-c1cnnc(N/N=C\c2ccsc2)n1. The molecule has 3 rings (SSSR count). The maximum Gasteiger partial charge on any atom is 0.263 e. The molecule has 7 heteroatoms. The number of para-hydroxylation sites is 1. The van der Waals surface area contributed by atoms with Crippen LogP contribution in [0.15, 0.2) is 52.4 Å². The minimum Gasteiger partial charge on any atom is -0.496 e. The van der Waals surface area contributed by atoms with Crippen LogP contribution in [-0.2, 0) is 0 Å². The predicted octanol–water partition coefficient (Wildman–Crippen LogP) is 3.05. The van der Waals surface area contributed by atoms with E-state index in [9.17, 15) is 0 Å². The Kier molecular flexibility index (Phi) is 4.35. The molecule has 0 bridgehead atoms. The Hall–Kier alpha value is -2.80. The van der Waals surface area contributed by atoms with Gasteiger partial charge in [0.25, 0.3) is 5.95 Å². The van der Waals surface area contributed by atoms with Gasteiger partial charge in [0, 0.05) is 11.1 Å². The molecule has 0 atom stereocenters. The Morgan fingerprint density at radius 3 is 3.00 bits per heavy atom. The number of hydrogen-bond donors (Lipinski definition) is 1. The summed E-state index contributed by atoms with van der Waals surface area (Å²) < 4.78 is 5.33. The van der Waals surface area contributed by atoms with Crippen molar-refractivity contribution in [2.24, 2.45) is 5.10 Å². The number of benzene rings is 1. The third-order valence-electron chi connectivity index (χ3n) is 2.86. The molecule has 0 saturated carbocycles. The molecule has 3 aromatic rings. The van der Waals surface area contributed by atoms with E-state index in [2.05, 4.69) is 25.7 Å². The van der Waals surface area contributed by atoms with Crippen molar-refractivity contribution in [1.29, 1.82) is 0 Å². The Labute approximate surface area is 131 Å². The molecule has 0 aliphatic heterocycles. The van der Waals surface area contributed by atoms with Gasteiger partial charge in [-0.05, 0) is 29.0 Å². The number of hydrazone groups is 1. The molecule has 0 unspecified atom stereocenters. The zero-order valence-corrected chi connectivity index (χ0v) is 12.6. The van der Waals surface area contributed by atoms with Crippen molar-refractivity contribution in [3.8, 4) is 17.0 Å². The van der Waals surface area contributed by atoms with Crippen LogP contribution in [0.5, 0.6) is 5.75 Å². The van der Waals surface area contributed by atoms with Gasteiger partial charge >= 0.3 is 0 Å². The average Bonchev–Trinajstić information content (AvgIpc) is 3.08. The van der Waals surface area contributed by atoms with Crippen molar-refractivity contribution in [1.82, 2.24) is 15.2 Å². The van der Waals surface area contributed by atoms with Crippen LogP contribution in [0.1, 0.15) is 5.56 Å². The van der Waals surface area contributed by atoms with Gasteiger partial charge < -0.3 is 4.74 Å². The highest BCUT2D eigenvalue weighted by molar-refractivity contribution is 7.08. The first-order valence-corrected chi connectivity index (χ1v) is 7.45. The minimum atomic E-state index is 0.329. The molecule has 2 aromatic heterocycles. The third kappa shape index (κ3) is 3.26. The van der Waals surface area contributed by atoms with E-state index in [-0.39, 0.29) is 0 Å². The van der Waals surface area contributed by atoms with Gasteiger partial charge in [-0.25, -0.2) is 10.4 Å². The second kappa shape index (κ2) is 6.77. The van der Waals surface area contributed by atoms with Gasteiger partial charge in [-0.15, -0.1) is 5.10 Å². The fraction of sp³-hybridized carbons (Fsp3) is 0.0667. The lowest BCUT2D eigenvalue weighted by Crippen LogP contribution is -2.00. The molecule has 0 aliphatic rings. The zero-order chi connectivity index (χ0) is 15.2. The van der Waals surface area contributed by atoms with Crippen molar-refractivity contribution < 1.29 is 4.74 Å². The lowest BCUT2D eigenvalue weighted by Gasteiger charge is -2.07. The number of thiophene rings is 1. The van der Waals surface area contributed by atoms with E-state index in [0.717, 1.165) is 16.9 Å². The molecule has 1 aromatic carbocycles. The van der Waals surface area contributed by atoms with E-state index >= 15 is 0 Å². The fourth-order valence-corrected chi connectivity index (χ4v) is 2.46. The summed E-state index contributed by atoms with van der Waals surface area (Å²) in [6.07, 6.45) is 3.29. The van der Waals surface area contributed by atoms with Crippen molar-refractivity contribution in [3.63, 3.8) is 0 Å². The second-order valence-corrected chi connectivity index (χ2v) is 5.07. The Morgan fingerprint density at radius 2 is 2.18 bits per heavy atom. The number of hydrogen-bond acceptors (Lipinski definition) is 7. The van der Waals surface area contributed by atoms with E-state index in [1.165, 1.54) is 0 Å². The van der Waals surface area contributed by atoms with Gasteiger partial charge in [0.15, 0.2) is 0 Å². The van der Waals surface area contributed by atoms with E-state index < -0.39 is 0 Å². The van der Waals surface area contributed by atoms with Crippen LogP contribution in [0.4, 0.5) is 5.95 Å². The van der Waals surface area contributed by atoms with Gasteiger partial charge in [-0.2, -0.15) is 21.5 Å². The van der Waals surface area contributed by atoms with Gasteiger partial charge in [0.2, 0.25) is 0 Å². The first kappa shape index (κ1) is 14.2. The van der Waals surface area contributed by atoms with Crippen LogP contribution in [0.3, 0.4) is 0 Å². The van der Waals surface area contributed by atoms with Crippen molar-refractivity contribution >= 4 is 23.5 Å². The first-order valence-electron chi connectivity index (χ1n) is 6.51. The van der Waals surface area contributed by atoms with Crippen molar-refractivity contribution in [2.75, 3.05) is 12.5 Å². The van der Waals surface area contributed by atoms with E-state index in [1.54, 1.807) is 30.9 Å². The Bertz CT molecular complexity index is 773. The molecule has 0 amide bonds. The quantitative estimate of drug-likeness (QED) is 0.579. The molecule has 0 saturated heterocycles. The molecule has 0 aliphatic carbocycles. The first-order chi connectivity index (χ1) is 10.9. The van der Waals surface area contributed by atoms with Crippen LogP contribution in [0.25, 0.3) is 11.3 Å². The Balaban J connectivity index is 1.80. The average molecular weight is 311 g/mol. The maximum atomic E-state index is 5.33. The Morgan fingerprint density at radius 1 is 1.27 bits per heavy atom. The molecule has 1 N–H and O–H groups in total. The molecule has 6 nitrogen and oxygen atoms in total. The number of nitrogens with zero attached hydrogens (tertiary/aromatic N) is 4. The molecule has 22 heavy (non-hydrogen) atoms. The molecule has 0 spiro atoms. The lowest BCUT2D eigenvalue weighted by atomic mass is 10.1. The monoisotopic (exact) mass is 311 g/mol. The number of aromatic nitrogens is 3. The highest BCUT2D eigenvalue weighted by Gasteiger charge is 2.08. The van der Waals surface area contributed by atoms with Gasteiger partial charge in [0.05, 0.1) is 25.2 Å². The summed E-state index contributed by atoms with van der Waals surface area (Å²) in [7, 11) is 1.62. The number of rotatable bonds is 5. The highest BCUT2D eigenvalue weighted by Crippen LogP contribution is 2.27. The predicted molar refractivity (Wildman–Crippen MR) is 87.4 cm³/mol. The number of anilines is 1. The molecule has 0 fully saturated rings. The summed E-state index contributed by atoms with van der Waals surface area (Å²) in [6.45, 7) is 0. The standard InChI is InChI=1S/C15H13N5OS/c1-21-14-5-3-2-4-12(14)13-9-17-20-15(18-13)19-16-8-11-6-7-22-10-11/h2-10H,1H3,(H,18,19,20)/b16-8-. The normalized spacial score (nSPS) is 10.8. The largest absolute Gasteiger partial charge is 0.496 e. The fourth-order valence-electron chi connectivity index (χ4n) is 1.85. The zero-order valence-electron chi connectivity index (χ0n) is 11.8. The van der Waals surface area contributed by atoms with Gasteiger partial charge in [0.1, 0.15) is 5.75 Å². The molecule has 110 valence electrons. The summed E-state index contributed by atoms with van der Waals surface area (Å²) >= 11 is 1.61. The van der Waals surface area contributed by atoms with Crippen molar-refractivity contribution in [3.05, 3.63) is 52.9 Å². The van der Waals surface area contributed by atoms with Gasteiger partial charge in [-0.1, -0.05) is 12.1 Å². The van der Waals surface area contributed by atoms with Crippen LogP contribution < -0.4 is 10.2 Å². The number of ether oxygens (including phenoxy) is 1. The summed E-state index contributed by atoms with van der Waals surface area (Å²) in [5, 5.41) is 15.9. The molecule has 0 radical (unpaired) electrons. The smallest absolute Gasteiger partial charge is 0.263 e. The number of nitrogens with one attached hydrogen (secondary N) is 1. The van der Waals surface area contributed by atoms with E-state index in [4.69, 9.17) is 4.74 Å². The summed E-state index contributed by atoms with van der Waals surface area (Å²) in [4.78, 5) is 4.39. The maximum absolute atomic E-state index is 5.33. The second-order valence-electron chi connectivity index (χ2n) is 4.29. The van der Waals surface area contributed by atoms with Crippen LogP contribution in [-0.4, -0.2) is 28.5 Å². The van der Waals surface area contributed by atoms with Crippen LogP contribution >= 0.6 is 11.3 Å².